The third kappa shape index (κ3) is 1.38. The van der Waals surface area contributed by atoms with Gasteiger partial charge in [-0.1, -0.05) is 6.07 Å². The normalized spacial score (nSPS) is 12.1. The minimum atomic E-state index is -3.64. The molecule has 0 aliphatic rings. The molecule has 0 saturated carbocycles. The molecule has 14 heavy (non-hydrogen) atoms. The van der Waals surface area contributed by atoms with Crippen molar-refractivity contribution < 1.29 is 13.5 Å². The summed E-state index contributed by atoms with van der Waals surface area (Å²) in [6, 6.07) is 5.22. The number of fused-ring (bicyclic) bond motifs is 1. The van der Waals surface area contributed by atoms with Gasteiger partial charge >= 0.3 is 0 Å². The zero-order valence-electron chi connectivity index (χ0n) is 7.16. The van der Waals surface area contributed by atoms with Crippen LogP contribution in [-0.4, -0.2) is 28.8 Å². The van der Waals surface area contributed by atoms with Gasteiger partial charge in [0, 0.05) is 12.4 Å². The Morgan fingerprint density at radius 1 is 1.43 bits per heavy atom. The monoisotopic (exact) mass is 212 g/mol. The first-order chi connectivity index (χ1) is 6.63. The van der Waals surface area contributed by atoms with Gasteiger partial charge in [0.2, 0.25) is 9.84 Å². The molecule has 74 valence electrons. The van der Waals surface area contributed by atoms with Crippen molar-refractivity contribution in [2.75, 3.05) is 5.94 Å². The lowest BCUT2D eigenvalue weighted by molar-refractivity contribution is 0.358. The predicted octanol–water partition coefficient (Wildman–Crippen LogP) is 0.0578. The molecule has 6 heteroatoms. The summed E-state index contributed by atoms with van der Waals surface area (Å²) in [4.78, 5) is 3.87. The van der Waals surface area contributed by atoms with Crippen LogP contribution in [0, 0.1) is 0 Å². The van der Waals surface area contributed by atoms with E-state index in [1.54, 1.807) is 28.8 Å². The maximum absolute atomic E-state index is 11.2. The number of hydrogen-bond acceptors (Lipinski definition) is 4. The van der Waals surface area contributed by atoms with Crippen molar-refractivity contribution in [3.05, 3.63) is 30.6 Å². The topological polar surface area (TPSA) is 71.7 Å². The van der Waals surface area contributed by atoms with Crippen LogP contribution in [0.5, 0.6) is 0 Å². The van der Waals surface area contributed by atoms with Crippen LogP contribution in [0.3, 0.4) is 0 Å². The molecule has 2 aromatic heterocycles. The first kappa shape index (κ1) is 9.17. The van der Waals surface area contributed by atoms with E-state index in [-0.39, 0.29) is 5.03 Å². The summed E-state index contributed by atoms with van der Waals surface area (Å²) in [6.07, 6.45) is 3.07. The molecule has 0 aromatic carbocycles. The Hall–Kier alpha value is -1.40. The lowest BCUT2D eigenvalue weighted by atomic mass is 10.5. The highest BCUT2D eigenvalue weighted by Crippen LogP contribution is 2.10. The van der Waals surface area contributed by atoms with Gasteiger partial charge in [0.15, 0.2) is 11.0 Å². The summed E-state index contributed by atoms with van der Waals surface area (Å²) in [6.45, 7) is 0. The molecular weight excluding hydrogens is 204 g/mol. The Morgan fingerprint density at radius 3 is 2.86 bits per heavy atom. The van der Waals surface area contributed by atoms with Crippen molar-refractivity contribution in [3.63, 3.8) is 0 Å². The Bertz CT molecular complexity index is 526. The Morgan fingerprint density at radius 2 is 2.21 bits per heavy atom. The van der Waals surface area contributed by atoms with Crippen LogP contribution in [0.25, 0.3) is 5.65 Å². The Labute approximate surface area is 80.6 Å². The van der Waals surface area contributed by atoms with E-state index in [4.69, 9.17) is 5.11 Å². The third-order valence-electron chi connectivity index (χ3n) is 1.83. The number of aliphatic hydroxyl groups is 1. The number of rotatable bonds is 2. The molecule has 0 atom stereocenters. The van der Waals surface area contributed by atoms with E-state index in [0.717, 1.165) is 0 Å². The fraction of sp³-hybridized carbons (Fsp3) is 0.125. The number of aliphatic hydroxyl groups excluding tert-OH is 1. The lowest BCUT2D eigenvalue weighted by Crippen LogP contribution is -2.05. The summed E-state index contributed by atoms with van der Waals surface area (Å²) >= 11 is 0. The molecule has 1 N–H and O–H groups in total. The molecule has 0 spiro atoms. The number of aromatic nitrogens is 2. The molecule has 0 unspecified atom stereocenters. The zero-order valence-corrected chi connectivity index (χ0v) is 7.98. The molecule has 2 rings (SSSR count). The van der Waals surface area contributed by atoms with Crippen LogP contribution in [0.4, 0.5) is 0 Å². The first-order valence-corrected chi connectivity index (χ1v) is 5.56. The van der Waals surface area contributed by atoms with Gasteiger partial charge in [-0.25, -0.2) is 13.4 Å². The van der Waals surface area contributed by atoms with Crippen molar-refractivity contribution in [1.29, 1.82) is 0 Å². The smallest absolute Gasteiger partial charge is 0.220 e. The minimum Gasteiger partial charge on any atom is -0.380 e. The highest BCUT2D eigenvalue weighted by Gasteiger charge is 2.16. The summed E-state index contributed by atoms with van der Waals surface area (Å²) in [7, 11) is -3.64. The molecule has 0 saturated heterocycles. The molecule has 2 aromatic rings. The summed E-state index contributed by atoms with van der Waals surface area (Å²) in [5, 5.41) is 8.53. The van der Waals surface area contributed by atoms with Crippen LogP contribution >= 0.6 is 0 Å². The molecule has 0 aliphatic carbocycles. The molecule has 0 aliphatic heterocycles. The quantitative estimate of drug-likeness (QED) is 0.764. The minimum absolute atomic E-state index is 0.105. The van der Waals surface area contributed by atoms with Gasteiger partial charge in [-0.2, -0.15) is 0 Å². The lowest BCUT2D eigenvalue weighted by Gasteiger charge is -1.91. The maximum atomic E-state index is 11.2. The molecule has 0 amide bonds. The standard InChI is InChI=1S/C8H8N2O3S/c11-6-14(12,13)8-5-10-4-2-1-3-7(10)9-8/h1-5,11H,6H2. The zero-order chi connectivity index (χ0) is 10.2. The van der Waals surface area contributed by atoms with Crippen LogP contribution < -0.4 is 0 Å². The SMILES string of the molecule is O=S(=O)(CO)c1cn2ccccc2n1. The van der Waals surface area contributed by atoms with Crippen molar-refractivity contribution in [1.82, 2.24) is 9.38 Å². The van der Waals surface area contributed by atoms with E-state index in [9.17, 15) is 8.42 Å². The van der Waals surface area contributed by atoms with Crippen molar-refractivity contribution in [2.45, 2.75) is 5.03 Å². The van der Waals surface area contributed by atoms with Crippen LogP contribution in [-0.2, 0) is 9.84 Å². The van der Waals surface area contributed by atoms with Gasteiger partial charge in [-0.15, -0.1) is 0 Å². The second-order valence-electron chi connectivity index (χ2n) is 2.79. The van der Waals surface area contributed by atoms with Gasteiger partial charge in [-0.05, 0) is 12.1 Å². The molecule has 0 fully saturated rings. The van der Waals surface area contributed by atoms with Gasteiger partial charge in [0.25, 0.3) is 0 Å². The number of pyridine rings is 1. The van der Waals surface area contributed by atoms with Gasteiger partial charge in [-0.3, -0.25) is 0 Å². The second kappa shape index (κ2) is 3.07. The number of sulfone groups is 1. The third-order valence-corrected chi connectivity index (χ3v) is 3.00. The average Bonchev–Trinajstić information content (AvgIpc) is 2.61. The number of nitrogens with zero attached hydrogens (tertiary/aromatic N) is 2. The Kier molecular flexibility index (Phi) is 2.01. The number of hydrogen-bond donors (Lipinski definition) is 1. The maximum Gasteiger partial charge on any atom is 0.220 e. The predicted molar refractivity (Wildman–Crippen MR) is 49.5 cm³/mol. The highest BCUT2D eigenvalue weighted by atomic mass is 32.2. The average molecular weight is 212 g/mol. The Balaban J connectivity index is 2.67. The van der Waals surface area contributed by atoms with Crippen LogP contribution in [0.1, 0.15) is 0 Å². The van der Waals surface area contributed by atoms with Crippen LogP contribution in [0.15, 0.2) is 35.6 Å². The van der Waals surface area contributed by atoms with E-state index in [1.165, 1.54) is 6.20 Å². The largest absolute Gasteiger partial charge is 0.380 e. The van der Waals surface area contributed by atoms with Crippen molar-refractivity contribution in [3.8, 4) is 0 Å². The summed E-state index contributed by atoms with van der Waals surface area (Å²) in [5.74, 6) is -0.920. The van der Waals surface area contributed by atoms with Crippen LogP contribution in [0.2, 0.25) is 0 Å². The van der Waals surface area contributed by atoms with Crippen molar-refractivity contribution >= 4 is 15.5 Å². The van der Waals surface area contributed by atoms with E-state index in [2.05, 4.69) is 4.98 Å². The van der Waals surface area contributed by atoms with E-state index >= 15 is 0 Å². The summed E-state index contributed by atoms with van der Waals surface area (Å²) < 4.78 is 24.1. The van der Waals surface area contributed by atoms with Gasteiger partial charge in [0.05, 0.1) is 0 Å². The van der Waals surface area contributed by atoms with Gasteiger partial charge < -0.3 is 9.51 Å². The fourth-order valence-electron chi connectivity index (χ4n) is 1.13. The number of imidazole rings is 1. The molecule has 2 heterocycles. The van der Waals surface area contributed by atoms with Gasteiger partial charge in [0.1, 0.15) is 5.65 Å². The molecular formula is C8H8N2O3S. The highest BCUT2D eigenvalue weighted by molar-refractivity contribution is 7.91. The van der Waals surface area contributed by atoms with E-state index in [0.29, 0.717) is 5.65 Å². The summed E-state index contributed by atoms with van der Waals surface area (Å²) in [5.41, 5.74) is 0.541. The molecule has 0 bridgehead atoms. The fourth-order valence-corrected chi connectivity index (χ4v) is 1.77. The van der Waals surface area contributed by atoms with Crippen molar-refractivity contribution in [2.24, 2.45) is 0 Å². The molecule has 0 radical (unpaired) electrons. The van der Waals surface area contributed by atoms with E-state index in [1.807, 2.05) is 0 Å². The molecule has 5 nitrogen and oxygen atoms in total. The second-order valence-corrected chi connectivity index (χ2v) is 4.70. The van der Waals surface area contributed by atoms with E-state index < -0.39 is 15.8 Å². The first-order valence-electron chi connectivity index (χ1n) is 3.91.